The predicted octanol–water partition coefficient (Wildman–Crippen LogP) is 2.96. The first-order valence-electron chi connectivity index (χ1n) is 9.14. The normalized spacial score (nSPS) is 12.4. The Hall–Kier alpha value is -2.29. The van der Waals surface area contributed by atoms with Crippen LogP contribution in [0.25, 0.3) is 0 Å². The van der Waals surface area contributed by atoms with Gasteiger partial charge in [-0.15, -0.1) is 0 Å². The molecule has 2 rings (SSSR count). The van der Waals surface area contributed by atoms with Crippen molar-refractivity contribution in [2.75, 3.05) is 13.7 Å². The third-order valence-electron chi connectivity index (χ3n) is 4.13. The zero-order valence-corrected chi connectivity index (χ0v) is 16.2. The molecule has 0 amide bonds. The molecule has 0 aliphatic heterocycles. The fraction of sp³-hybridized carbons (Fsp3) is 0.381. The summed E-state index contributed by atoms with van der Waals surface area (Å²) in [5.74, 6) is 10.1. The fourth-order valence-corrected chi connectivity index (χ4v) is 2.59. The topological polar surface area (TPSA) is 117 Å². The highest BCUT2D eigenvalue weighted by molar-refractivity contribution is 5.69. The number of carbonyl (C=O) groups is 1. The summed E-state index contributed by atoms with van der Waals surface area (Å²) in [4.78, 5) is 20.6. The van der Waals surface area contributed by atoms with Gasteiger partial charge < -0.3 is 9.84 Å². The lowest BCUT2D eigenvalue weighted by atomic mass is 10.1. The quantitative estimate of drug-likeness (QED) is 0.422. The lowest BCUT2D eigenvalue weighted by Gasteiger charge is -2.13. The van der Waals surface area contributed by atoms with Crippen molar-refractivity contribution in [1.82, 2.24) is 0 Å². The highest BCUT2D eigenvalue weighted by Crippen LogP contribution is 2.21. The number of aliphatic hydroxyl groups excluding tert-OH is 1. The van der Waals surface area contributed by atoms with Gasteiger partial charge in [0.25, 0.3) is 0 Å². The van der Waals surface area contributed by atoms with Crippen molar-refractivity contribution < 1.29 is 24.3 Å². The maximum Gasteiger partial charge on any atom is 0.305 e. The van der Waals surface area contributed by atoms with E-state index in [1.54, 1.807) is 0 Å². The van der Waals surface area contributed by atoms with E-state index in [0.717, 1.165) is 17.5 Å². The summed E-state index contributed by atoms with van der Waals surface area (Å²) in [7, 11) is 1.36. The van der Waals surface area contributed by atoms with Crippen LogP contribution >= 0.6 is 0 Å². The number of aliphatic hydroxyl groups is 1. The zero-order chi connectivity index (χ0) is 20.6. The second kappa shape index (κ2) is 14.7. The van der Waals surface area contributed by atoms with Gasteiger partial charge in [0.1, 0.15) is 12.2 Å². The average Bonchev–Trinajstić information content (AvgIpc) is 2.76. The molecule has 0 fully saturated rings. The summed E-state index contributed by atoms with van der Waals surface area (Å²) < 4.78 is 4.55. The third kappa shape index (κ3) is 9.07. The second-order valence-corrected chi connectivity index (χ2v) is 6.05. The van der Waals surface area contributed by atoms with Crippen molar-refractivity contribution in [2.24, 2.45) is 11.8 Å². The van der Waals surface area contributed by atoms with Crippen LogP contribution in [0.4, 0.5) is 0 Å². The highest BCUT2D eigenvalue weighted by atomic mass is 16.6. The molecule has 2 atom stereocenters. The Morgan fingerprint density at radius 3 is 1.75 bits per heavy atom. The molecule has 0 saturated carbocycles. The molecule has 0 bridgehead atoms. The van der Waals surface area contributed by atoms with Crippen molar-refractivity contribution in [3.8, 4) is 0 Å². The predicted molar refractivity (Wildman–Crippen MR) is 106 cm³/mol. The van der Waals surface area contributed by atoms with Gasteiger partial charge in [0.05, 0.1) is 7.11 Å². The third-order valence-corrected chi connectivity index (χ3v) is 4.13. The van der Waals surface area contributed by atoms with Crippen LogP contribution in [-0.2, 0) is 19.2 Å². The van der Waals surface area contributed by atoms with Crippen molar-refractivity contribution in [3.05, 3.63) is 71.8 Å². The van der Waals surface area contributed by atoms with E-state index in [0.29, 0.717) is 19.3 Å². The number of hydrogen-bond donors (Lipinski definition) is 3. The summed E-state index contributed by atoms with van der Waals surface area (Å²) in [5.41, 5.74) is 2.02. The van der Waals surface area contributed by atoms with E-state index in [9.17, 15) is 4.79 Å². The number of carbonyl (C=O) groups excluding carboxylic acids is 1. The number of nitrogens with two attached hydrogens (primary N) is 2. The molecule has 0 saturated heterocycles. The molecule has 5 N–H and O–H groups in total. The summed E-state index contributed by atoms with van der Waals surface area (Å²) in [5, 5.41) is 8.66. The molecular weight excluding hydrogens is 360 g/mol. The Labute approximate surface area is 166 Å². The first kappa shape index (κ1) is 23.7. The molecule has 0 heterocycles. The fourth-order valence-electron chi connectivity index (χ4n) is 2.59. The molecule has 2 aromatic rings. The Kier molecular flexibility index (Phi) is 12.5. The molecule has 0 aliphatic rings. The van der Waals surface area contributed by atoms with E-state index in [-0.39, 0.29) is 24.8 Å². The van der Waals surface area contributed by atoms with E-state index in [1.807, 2.05) is 60.7 Å². The monoisotopic (exact) mass is 390 g/mol. The molecule has 7 nitrogen and oxygen atoms in total. The summed E-state index contributed by atoms with van der Waals surface area (Å²) in [6, 6.07) is 19.3. The van der Waals surface area contributed by atoms with Gasteiger partial charge in [0, 0.05) is 13.0 Å². The number of methoxy groups -OCH3 is 1. The molecule has 0 radical (unpaired) electrons. The van der Waals surface area contributed by atoms with Crippen molar-refractivity contribution >= 4 is 5.97 Å². The van der Waals surface area contributed by atoms with E-state index in [4.69, 9.17) is 26.6 Å². The van der Waals surface area contributed by atoms with E-state index >= 15 is 0 Å². The Bertz CT molecular complexity index is 640. The van der Waals surface area contributed by atoms with Gasteiger partial charge in [-0.25, -0.2) is 11.8 Å². The minimum atomic E-state index is -0.259. The maximum atomic E-state index is 10.9. The van der Waals surface area contributed by atoms with Crippen LogP contribution in [0.5, 0.6) is 0 Å². The first-order chi connectivity index (χ1) is 13.7. The van der Waals surface area contributed by atoms with Crippen LogP contribution in [0, 0.1) is 0 Å². The minimum absolute atomic E-state index is 0.103. The smallest absolute Gasteiger partial charge is 0.305 e. The molecule has 2 unspecified atom stereocenters. The molecule has 0 aromatic heterocycles. The van der Waals surface area contributed by atoms with E-state index in [2.05, 4.69) is 4.74 Å². The van der Waals surface area contributed by atoms with E-state index < -0.39 is 0 Å². The van der Waals surface area contributed by atoms with Crippen LogP contribution in [-0.4, -0.2) is 24.8 Å². The van der Waals surface area contributed by atoms with Gasteiger partial charge in [0.2, 0.25) is 0 Å². The minimum Gasteiger partial charge on any atom is -0.469 e. The maximum absolute atomic E-state index is 10.9. The lowest BCUT2D eigenvalue weighted by Crippen LogP contribution is -2.12. The number of rotatable bonds is 10. The SMILES string of the molecule is COC(=O)CCC(ON)c1ccccc1.NOC(CCCO)c1ccccc1. The Balaban J connectivity index is 0.000000283. The van der Waals surface area contributed by atoms with Gasteiger partial charge in [-0.05, 0) is 30.4 Å². The van der Waals surface area contributed by atoms with Crippen LogP contribution in [0.2, 0.25) is 0 Å². The molecule has 2 aromatic carbocycles. The van der Waals surface area contributed by atoms with Crippen molar-refractivity contribution in [2.45, 2.75) is 37.9 Å². The lowest BCUT2D eigenvalue weighted by molar-refractivity contribution is -0.141. The summed E-state index contributed by atoms with van der Waals surface area (Å²) in [6.45, 7) is 0.173. The number of esters is 1. The molecule has 154 valence electrons. The van der Waals surface area contributed by atoms with Gasteiger partial charge in [-0.1, -0.05) is 60.7 Å². The van der Waals surface area contributed by atoms with Gasteiger partial charge >= 0.3 is 5.97 Å². The number of hydrogen-bond acceptors (Lipinski definition) is 7. The summed E-state index contributed by atoms with van der Waals surface area (Å²) >= 11 is 0. The van der Waals surface area contributed by atoms with Crippen molar-refractivity contribution in [3.63, 3.8) is 0 Å². The van der Waals surface area contributed by atoms with Gasteiger partial charge in [-0.3, -0.25) is 14.5 Å². The number of benzene rings is 2. The largest absolute Gasteiger partial charge is 0.469 e. The molecule has 0 spiro atoms. The zero-order valence-electron chi connectivity index (χ0n) is 16.2. The molecule has 0 aliphatic carbocycles. The van der Waals surface area contributed by atoms with Crippen LogP contribution in [0.15, 0.2) is 60.7 Å². The van der Waals surface area contributed by atoms with Gasteiger partial charge in [0.15, 0.2) is 0 Å². The standard InChI is InChI=1S/C11H15NO3.C10H15NO2/c1-14-11(13)8-7-10(15-12)9-5-3-2-4-6-9;11-13-10(7-4-8-12)9-5-2-1-3-6-9/h2-6,10H,7-8,12H2,1H3;1-3,5-6,10,12H,4,7-8,11H2. The van der Waals surface area contributed by atoms with E-state index in [1.165, 1.54) is 7.11 Å². The van der Waals surface area contributed by atoms with Crippen molar-refractivity contribution in [1.29, 1.82) is 0 Å². The summed E-state index contributed by atoms with van der Waals surface area (Å²) in [6.07, 6.45) is 1.91. The number of ether oxygens (including phenoxy) is 1. The Morgan fingerprint density at radius 1 is 0.893 bits per heavy atom. The van der Waals surface area contributed by atoms with Gasteiger partial charge in [-0.2, -0.15) is 0 Å². The highest BCUT2D eigenvalue weighted by Gasteiger charge is 2.13. The average molecular weight is 390 g/mol. The Morgan fingerprint density at radius 2 is 1.36 bits per heavy atom. The van der Waals surface area contributed by atoms with Crippen LogP contribution < -0.4 is 11.8 Å². The first-order valence-corrected chi connectivity index (χ1v) is 9.14. The molecule has 7 heteroatoms. The van der Waals surface area contributed by atoms with Crippen LogP contribution in [0.3, 0.4) is 0 Å². The second-order valence-electron chi connectivity index (χ2n) is 6.05. The molecule has 28 heavy (non-hydrogen) atoms. The molecular formula is C21H30N2O5. The van der Waals surface area contributed by atoms with Crippen LogP contribution in [0.1, 0.15) is 49.0 Å².